The summed E-state index contributed by atoms with van der Waals surface area (Å²) in [5.74, 6) is -2.26. The molecule has 2 rings (SSSR count). The van der Waals surface area contributed by atoms with Crippen LogP contribution >= 0.6 is 11.6 Å². The molecule has 0 saturated carbocycles. The van der Waals surface area contributed by atoms with Crippen LogP contribution in [0.3, 0.4) is 0 Å². The molecule has 0 bridgehead atoms. The van der Waals surface area contributed by atoms with Crippen molar-refractivity contribution in [3.05, 3.63) is 69.0 Å². The maximum absolute atomic E-state index is 13.5. The van der Waals surface area contributed by atoms with Crippen LogP contribution in [-0.2, 0) is 4.79 Å². The Kier molecular flexibility index (Phi) is 6.07. The largest absolute Gasteiger partial charge is 0.478 e. The van der Waals surface area contributed by atoms with E-state index >= 15 is 0 Å². The topological polar surface area (TPSA) is 111 Å². The highest BCUT2D eigenvalue weighted by molar-refractivity contribution is 6.34. The van der Waals surface area contributed by atoms with Crippen molar-refractivity contribution >= 4 is 29.1 Å². The number of nitro benzene ring substituents is 1. The van der Waals surface area contributed by atoms with Crippen LogP contribution in [0.1, 0.15) is 17.3 Å². The Hall–Kier alpha value is -3.20. The summed E-state index contributed by atoms with van der Waals surface area (Å²) in [7, 11) is 0. The summed E-state index contributed by atoms with van der Waals surface area (Å²) in [6, 6.07) is 8.82. The minimum absolute atomic E-state index is 0.0692. The van der Waals surface area contributed by atoms with Gasteiger partial charge < -0.3 is 4.74 Å². The molecule has 1 atom stereocenters. The van der Waals surface area contributed by atoms with Gasteiger partial charge in [-0.1, -0.05) is 23.7 Å². The number of nitro groups is 1. The lowest BCUT2D eigenvalue weighted by molar-refractivity contribution is -0.384. The van der Waals surface area contributed by atoms with E-state index in [1.165, 1.54) is 25.1 Å². The zero-order chi connectivity index (χ0) is 19.3. The number of hydrogen-bond donors (Lipinski definition) is 2. The Balaban J connectivity index is 1.95. The van der Waals surface area contributed by atoms with Crippen LogP contribution in [0.5, 0.6) is 5.75 Å². The van der Waals surface area contributed by atoms with Crippen LogP contribution in [-0.4, -0.2) is 22.8 Å². The second-order valence-electron chi connectivity index (χ2n) is 5.06. The minimum Gasteiger partial charge on any atom is -0.478 e. The van der Waals surface area contributed by atoms with E-state index in [4.69, 9.17) is 16.3 Å². The normalized spacial score (nSPS) is 11.3. The first-order chi connectivity index (χ1) is 12.3. The second-order valence-corrected chi connectivity index (χ2v) is 5.46. The zero-order valence-corrected chi connectivity index (χ0v) is 14.1. The monoisotopic (exact) mass is 381 g/mol. The van der Waals surface area contributed by atoms with Gasteiger partial charge in [-0.3, -0.25) is 30.6 Å². The molecular formula is C16H13ClFN3O5. The fraction of sp³-hybridized carbons (Fsp3) is 0.125. The van der Waals surface area contributed by atoms with Gasteiger partial charge in [0.1, 0.15) is 0 Å². The van der Waals surface area contributed by atoms with Gasteiger partial charge in [0.2, 0.25) is 0 Å². The number of nitrogens with one attached hydrogen (secondary N) is 2. The van der Waals surface area contributed by atoms with E-state index in [-0.39, 0.29) is 22.0 Å². The van der Waals surface area contributed by atoms with Crippen LogP contribution in [0, 0.1) is 15.9 Å². The summed E-state index contributed by atoms with van der Waals surface area (Å²) in [4.78, 5) is 33.9. The molecule has 0 unspecified atom stereocenters. The standard InChI is InChI=1S/C16H13ClFN3O5/c1-9(26-14-5-3-2-4-13(14)18)15(22)19-20-16(23)11-7-6-10(21(24)25)8-12(11)17/h2-9H,1H3,(H,19,22)(H,20,23)/t9-/m0/s1. The van der Waals surface area contributed by atoms with Gasteiger partial charge in [-0.05, 0) is 25.1 Å². The van der Waals surface area contributed by atoms with Crippen molar-refractivity contribution in [2.24, 2.45) is 0 Å². The first-order valence-electron chi connectivity index (χ1n) is 7.25. The van der Waals surface area contributed by atoms with Crippen LogP contribution in [0.4, 0.5) is 10.1 Å². The van der Waals surface area contributed by atoms with Crippen LogP contribution < -0.4 is 15.6 Å². The third kappa shape index (κ3) is 4.67. The Labute approximate surface area is 152 Å². The second kappa shape index (κ2) is 8.26. The van der Waals surface area contributed by atoms with Gasteiger partial charge >= 0.3 is 0 Å². The molecule has 0 aromatic heterocycles. The lowest BCUT2D eigenvalue weighted by Gasteiger charge is -2.15. The molecule has 8 nitrogen and oxygen atoms in total. The molecule has 0 aliphatic carbocycles. The maximum Gasteiger partial charge on any atom is 0.279 e. The molecule has 0 saturated heterocycles. The minimum atomic E-state index is -1.10. The predicted molar refractivity (Wildman–Crippen MR) is 90.2 cm³/mol. The van der Waals surface area contributed by atoms with E-state index in [9.17, 15) is 24.1 Å². The van der Waals surface area contributed by atoms with Crippen molar-refractivity contribution in [3.8, 4) is 5.75 Å². The van der Waals surface area contributed by atoms with Crippen molar-refractivity contribution in [2.75, 3.05) is 0 Å². The van der Waals surface area contributed by atoms with Crippen molar-refractivity contribution < 1.29 is 23.6 Å². The molecule has 0 aliphatic rings. The van der Waals surface area contributed by atoms with Crippen molar-refractivity contribution in [1.29, 1.82) is 0 Å². The number of rotatable bonds is 5. The molecule has 0 radical (unpaired) electrons. The number of halogens is 2. The first kappa shape index (κ1) is 19.1. The van der Waals surface area contributed by atoms with E-state index in [2.05, 4.69) is 10.9 Å². The number of non-ortho nitro benzene ring substituents is 1. The highest BCUT2D eigenvalue weighted by Gasteiger charge is 2.19. The highest BCUT2D eigenvalue weighted by atomic mass is 35.5. The predicted octanol–water partition coefficient (Wildman–Crippen LogP) is 2.62. The number of hydrazine groups is 1. The van der Waals surface area contributed by atoms with E-state index < -0.39 is 28.7 Å². The van der Waals surface area contributed by atoms with Gasteiger partial charge in [-0.25, -0.2) is 4.39 Å². The number of para-hydroxylation sites is 1. The molecule has 2 aromatic carbocycles. The number of hydrogen-bond acceptors (Lipinski definition) is 5. The Bertz CT molecular complexity index is 862. The molecule has 26 heavy (non-hydrogen) atoms. The first-order valence-corrected chi connectivity index (χ1v) is 7.62. The summed E-state index contributed by atoms with van der Waals surface area (Å²) in [5, 5.41) is 10.5. The van der Waals surface area contributed by atoms with Gasteiger partial charge in [-0.15, -0.1) is 0 Å². The number of benzene rings is 2. The average molecular weight is 382 g/mol. The SMILES string of the molecule is C[C@H](Oc1ccccc1F)C(=O)NNC(=O)c1ccc([N+](=O)[O-])cc1Cl. The molecular weight excluding hydrogens is 369 g/mol. The van der Waals surface area contributed by atoms with E-state index in [0.717, 1.165) is 18.2 Å². The summed E-state index contributed by atoms with van der Waals surface area (Å²) in [6.07, 6.45) is -1.10. The number of carbonyl (C=O) groups excluding carboxylic acids is 2. The van der Waals surface area contributed by atoms with E-state index in [1.807, 2.05) is 0 Å². The Morgan fingerprint density at radius 3 is 2.54 bits per heavy atom. The average Bonchev–Trinajstić information content (AvgIpc) is 2.61. The smallest absolute Gasteiger partial charge is 0.279 e. The zero-order valence-electron chi connectivity index (χ0n) is 13.4. The molecule has 10 heteroatoms. The molecule has 2 aromatic rings. The van der Waals surface area contributed by atoms with Gasteiger partial charge in [-0.2, -0.15) is 0 Å². The Morgan fingerprint density at radius 1 is 1.23 bits per heavy atom. The lowest BCUT2D eigenvalue weighted by atomic mass is 10.2. The summed E-state index contributed by atoms with van der Waals surface area (Å²) in [6.45, 7) is 1.37. The third-order valence-electron chi connectivity index (χ3n) is 3.22. The molecule has 0 heterocycles. The third-order valence-corrected chi connectivity index (χ3v) is 3.53. The van der Waals surface area contributed by atoms with Gasteiger partial charge in [0.15, 0.2) is 17.7 Å². The summed E-state index contributed by atoms with van der Waals surface area (Å²) in [5.41, 5.74) is 3.86. The van der Waals surface area contributed by atoms with Crippen molar-refractivity contribution in [2.45, 2.75) is 13.0 Å². The van der Waals surface area contributed by atoms with E-state index in [0.29, 0.717) is 0 Å². The van der Waals surface area contributed by atoms with Crippen molar-refractivity contribution in [1.82, 2.24) is 10.9 Å². The van der Waals surface area contributed by atoms with Gasteiger partial charge in [0.25, 0.3) is 17.5 Å². The summed E-state index contributed by atoms with van der Waals surface area (Å²) < 4.78 is 18.7. The lowest BCUT2D eigenvalue weighted by Crippen LogP contribution is -2.47. The number of carbonyl (C=O) groups is 2. The molecule has 0 spiro atoms. The molecule has 0 fully saturated rings. The summed E-state index contributed by atoms with van der Waals surface area (Å²) >= 11 is 5.83. The molecule has 0 aliphatic heterocycles. The fourth-order valence-corrected chi connectivity index (χ4v) is 2.13. The van der Waals surface area contributed by atoms with Crippen LogP contribution in [0.25, 0.3) is 0 Å². The van der Waals surface area contributed by atoms with E-state index in [1.54, 1.807) is 6.07 Å². The maximum atomic E-state index is 13.5. The van der Waals surface area contributed by atoms with Gasteiger partial charge in [0.05, 0.1) is 15.5 Å². The molecule has 2 N–H and O–H groups in total. The Morgan fingerprint density at radius 2 is 1.92 bits per heavy atom. The van der Waals surface area contributed by atoms with Crippen LogP contribution in [0.15, 0.2) is 42.5 Å². The highest BCUT2D eigenvalue weighted by Crippen LogP contribution is 2.22. The number of ether oxygens (including phenoxy) is 1. The number of amides is 2. The van der Waals surface area contributed by atoms with Crippen molar-refractivity contribution in [3.63, 3.8) is 0 Å². The molecule has 136 valence electrons. The quantitative estimate of drug-likeness (QED) is 0.611. The molecule has 2 amide bonds. The number of nitrogens with zero attached hydrogens (tertiary/aromatic N) is 1. The van der Waals surface area contributed by atoms with Crippen LogP contribution in [0.2, 0.25) is 5.02 Å². The van der Waals surface area contributed by atoms with Gasteiger partial charge in [0, 0.05) is 12.1 Å². The fourth-order valence-electron chi connectivity index (χ4n) is 1.87.